The van der Waals surface area contributed by atoms with Gasteiger partial charge in [0.05, 0.1) is 19.6 Å². The molecule has 0 aromatic heterocycles. The Morgan fingerprint density at radius 3 is 1.91 bits per heavy atom. The summed E-state index contributed by atoms with van der Waals surface area (Å²) in [5.41, 5.74) is 1.06. The average Bonchev–Trinajstić information content (AvgIpc) is 2.84. The third-order valence-electron chi connectivity index (χ3n) is 6.83. The van der Waals surface area contributed by atoms with Gasteiger partial charge in [0.25, 0.3) is 8.32 Å². The molecule has 3 atom stereocenters. The number of aliphatic hydroxyl groups is 1. The average molecular weight is 483 g/mol. The molecule has 0 aliphatic rings. The number of aliphatic hydroxyl groups excluding tert-OH is 1. The van der Waals surface area contributed by atoms with Crippen molar-refractivity contribution in [1.82, 2.24) is 0 Å². The van der Waals surface area contributed by atoms with Crippen molar-refractivity contribution in [2.24, 2.45) is 11.8 Å². The third kappa shape index (κ3) is 6.47. The normalized spacial score (nSPS) is 15.5. The molecule has 34 heavy (non-hydrogen) atoms. The Bertz CT molecular complexity index is 879. The molecule has 0 bridgehead atoms. The van der Waals surface area contributed by atoms with E-state index in [-0.39, 0.29) is 29.3 Å². The fraction of sp³-hybridized carbons (Fsp3) is 0.483. The summed E-state index contributed by atoms with van der Waals surface area (Å²) in [6.07, 6.45) is 2.32. The third-order valence-corrected chi connectivity index (χ3v) is 11.8. The van der Waals surface area contributed by atoms with Crippen LogP contribution in [-0.4, -0.2) is 39.2 Å². The minimum absolute atomic E-state index is 0.0765. The maximum absolute atomic E-state index is 11.6. The van der Waals surface area contributed by atoms with Gasteiger partial charge < -0.3 is 14.3 Å². The minimum atomic E-state index is -2.65. The van der Waals surface area contributed by atoms with Crippen molar-refractivity contribution >= 4 is 24.7 Å². The molecule has 2 rings (SSSR count). The first-order valence-electron chi connectivity index (χ1n) is 12.3. The van der Waals surface area contributed by atoms with Gasteiger partial charge in [-0.15, -0.1) is 0 Å². The van der Waals surface area contributed by atoms with E-state index in [1.165, 1.54) is 17.5 Å². The Morgan fingerprint density at radius 2 is 1.50 bits per heavy atom. The van der Waals surface area contributed by atoms with E-state index < -0.39 is 14.4 Å². The Kier molecular flexibility index (Phi) is 10.3. The van der Waals surface area contributed by atoms with Gasteiger partial charge in [-0.05, 0) is 21.8 Å². The van der Waals surface area contributed by atoms with Crippen LogP contribution in [0.15, 0.2) is 72.3 Å². The number of benzene rings is 2. The lowest BCUT2D eigenvalue weighted by molar-refractivity contribution is -0.139. The zero-order valence-corrected chi connectivity index (χ0v) is 22.9. The van der Waals surface area contributed by atoms with Crippen LogP contribution in [0.2, 0.25) is 5.04 Å². The quantitative estimate of drug-likeness (QED) is 0.275. The largest absolute Gasteiger partial charge is 0.469 e. The fourth-order valence-corrected chi connectivity index (χ4v) is 9.45. The summed E-state index contributed by atoms with van der Waals surface area (Å²) in [5, 5.41) is 13.6. The molecule has 0 unspecified atom stereocenters. The number of methoxy groups -OCH3 is 1. The smallest absolute Gasteiger partial charge is 0.309 e. The number of rotatable bonds is 11. The van der Waals surface area contributed by atoms with Crippen molar-refractivity contribution in [1.29, 1.82) is 0 Å². The van der Waals surface area contributed by atoms with Gasteiger partial charge in [-0.3, -0.25) is 4.79 Å². The summed E-state index contributed by atoms with van der Waals surface area (Å²) in [5.74, 6) is -0.423. The van der Waals surface area contributed by atoms with Gasteiger partial charge >= 0.3 is 5.97 Å². The van der Waals surface area contributed by atoms with Crippen LogP contribution in [-0.2, 0) is 14.0 Å². The minimum Gasteiger partial charge on any atom is -0.469 e. The lowest BCUT2D eigenvalue weighted by Crippen LogP contribution is -2.67. The van der Waals surface area contributed by atoms with Crippen LogP contribution in [0.4, 0.5) is 0 Å². The van der Waals surface area contributed by atoms with E-state index in [0.29, 0.717) is 6.61 Å². The molecule has 0 spiro atoms. The van der Waals surface area contributed by atoms with Gasteiger partial charge in [-0.25, -0.2) is 0 Å². The number of hydrogen-bond acceptors (Lipinski definition) is 4. The van der Waals surface area contributed by atoms with Gasteiger partial charge in [0.2, 0.25) is 0 Å². The molecule has 2 aromatic carbocycles. The Hall–Kier alpha value is -2.21. The Morgan fingerprint density at radius 1 is 1.00 bits per heavy atom. The molecule has 4 nitrogen and oxygen atoms in total. The van der Waals surface area contributed by atoms with E-state index in [1.54, 1.807) is 0 Å². The topological polar surface area (TPSA) is 55.8 Å². The second-order valence-electron chi connectivity index (χ2n) is 10.1. The van der Waals surface area contributed by atoms with Gasteiger partial charge in [0, 0.05) is 18.4 Å². The Labute approximate surface area is 207 Å². The van der Waals surface area contributed by atoms with Crippen LogP contribution >= 0.6 is 0 Å². The molecule has 186 valence electrons. The second kappa shape index (κ2) is 12.5. The SMILES string of the molecule is CC/C(=C\CC(=O)OC)[C@H](C)[C@H](O)[C@@H](C)CO[Si](c1ccccc1)(c1ccccc1)C(C)(C)C. The van der Waals surface area contributed by atoms with Crippen molar-refractivity contribution < 1.29 is 19.1 Å². The van der Waals surface area contributed by atoms with E-state index in [9.17, 15) is 9.90 Å². The molecule has 0 radical (unpaired) electrons. The standard InChI is InChI=1S/C29H42O4Si/c1-8-24(19-20-27(30)32-7)23(3)28(31)22(2)21-33-34(29(4,5)6,25-15-11-9-12-16-25)26-17-13-10-14-18-26/h9-19,22-23,28,31H,8,20-21H2,1-7H3/b24-19+/t22-,23-,28+/m0/s1. The van der Waals surface area contributed by atoms with Crippen molar-refractivity contribution in [3.8, 4) is 0 Å². The summed E-state index contributed by atoms with van der Waals surface area (Å²) in [6.45, 7) is 13.3. The van der Waals surface area contributed by atoms with Gasteiger partial charge in [0.15, 0.2) is 0 Å². The molecule has 0 amide bonds. The molecule has 2 aromatic rings. The highest BCUT2D eigenvalue weighted by Gasteiger charge is 2.50. The van der Waals surface area contributed by atoms with Crippen LogP contribution < -0.4 is 10.4 Å². The molecule has 0 saturated heterocycles. The van der Waals surface area contributed by atoms with E-state index in [0.717, 1.165) is 12.0 Å². The maximum atomic E-state index is 11.6. The van der Waals surface area contributed by atoms with Crippen molar-refractivity contribution in [2.75, 3.05) is 13.7 Å². The molecule has 0 fully saturated rings. The predicted octanol–water partition coefficient (Wildman–Crippen LogP) is 5.10. The maximum Gasteiger partial charge on any atom is 0.309 e. The van der Waals surface area contributed by atoms with Gasteiger partial charge in [0.1, 0.15) is 0 Å². The number of esters is 1. The van der Waals surface area contributed by atoms with Gasteiger partial charge in [-0.2, -0.15) is 0 Å². The zero-order chi connectivity index (χ0) is 25.4. The predicted molar refractivity (Wildman–Crippen MR) is 143 cm³/mol. The fourth-order valence-electron chi connectivity index (χ4n) is 4.78. The first kappa shape index (κ1) is 28.0. The lowest BCUT2D eigenvalue weighted by Gasteiger charge is -2.44. The molecule has 1 N–H and O–H groups in total. The summed E-state index contributed by atoms with van der Waals surface area (Å²) in [6, 6.07) is 21.1. The van der Waals surface area contributed by atoms with Crippen molar-refractivity contribution in [3.05, 3.63) is 72.3 Å². The van der Waals surface area contributed by atoms with E-state index in [4.69, 9.17) is 9.16 Å². The summed E-state index contributed by atoms with van der Waals surface area (Å²) in [4.78, 5) is 11.6. The van der Waals surface area contributed by atoms with Crippen LogP contribution in [0, 0.1) is 11.8 Å². The highest BCUT2D eigenvalue weighted by Crippen LogP contribution is 2.37. The number of carbonyl (C=O) groups excluding carboxylic acids is 1. The molecule has 0 aliphatic heterocycles. The number of ether oxygens (including phenoxy) is 1. The molecular formula is C29H42O4Si. The van der Waals surface area contributed by atoms with E-state index >= 15 is 0 Å². The van der Waals surface area contributed by atoms with Crippen LogP contribution in [0.3, 0.4) is 0 Å². The lowest BCUT2D eigenvalue weighted by atomic mass is 9.86. The van der Waals surface area contributed by atoms with Gasteiger partial charge in [-0.1, -0.05) is 114 Å². The molecule has 0 heterocycles. The molecular weight excluding hydrogens is 440 g/mol. The summed E-state index contributed by atoms with van der Waals surface area (Å²) in [7, 11) is -1.26. The summed E-state index contributed by atoms with van der Waals surface area (Å²) < 4.78 is 11.8. The molecule has 0 saturated carbocycles. The molecule has 0 aliphatic carbocycles. The number of hydrogen-bond donors (Lipinski definition) is 1. The van der Waals surface area contributed by atoms with Crippen LogP contribution in [0.1, 0.15) is 54.4 Å². The number of carbonyl (C=O) groups is 1. The highest BCUT2D eigenvalue weighted by molar-refractivity contribution is 6.99. The van der Waals surface area contributed by atoms with Crippen molar-refractivity contribution in [3.63, 3.8) is 0 Å². The van der Waals surface area contributed by atoms with Crippen LogP contribution in [0.5, 0.6) is 0 Å². The monoisotopic (exact) mass is 482 g/mol. The zero-order valence-electron chi connectivity index (χ0n) is 21.9. The van der Waals surface area contributed by atoms with E-state index in [1.807, 2.05) is 32.1 Å². The Balaban J connectivity index is 2.34. The van der Waals surface area contributed by atoms with Crippen LogP contribution in [0.25, 0.3) is 0 Å². The molecule has 5 heteroatoms. The first-order valence-corrected chi connectivity index (χ1v) is 14.2. The first-order chi connectivity index (χ1) is 16.1. The second-order valence-corrected chi connectivity index (χ2v) is 14.4. The highest BCUT2D eigenvalue weighted by atomic mass is 28.4. The summed E-state index contributed by atoms with van der Waals surface area (Å²) >= 11 is 0. The van der Waals surface area contributed by atoms with E-state index in [2.05, 4.69) is 76.2 Å². The van der Waals surface area contributed by atoms with Crippen molar-refractivity contribution in [2.45, 2.75) is 65.5 Å².